The highest BCUT2D eigenvalue weighted by Crippen LogP contribution is 2.46. The number of carbonyl (C=O) groups excluding carboxylic acids is 1. The number of carbonyl (C=O) groups is 1. The number of amides is 1. The van der Waals surface area contributed by atoms with Gasteiger partial charge in [-0.3, -0.25) is 14.6 Å². The van der Waals surface area contributed by atoms with E-state index in [0.29, 0.717) is 24.6 Å². The fourth-order valence-electron chi connectivity index (χ4n) is 3.97. The Labute approximate surface area is 163 Å². The predicted molar refractivity (Wildman–Crippen MR) is 107 cm³/mol. The molecule has 0 spiro atoms. The van der Waals surface area contributed by atoms with Crippen molar-refractivity contribution < 1.29 is 14.6 Å². The zero-order valence-electron chi connectivity index (χ0n) is 15.3. The minimum absolute atomic E-state index is 0.00630. The van der Waals surface area contributed by atoms with Crippen molar-refractivity contribution in [1.82, 2.24) is 4.90 Å². The number of phenols is 1. The summed E-state index contributed by atoms with van der Waals surface area (Å²) < 4.78 is 5.97. The van der Waals surface area contributed by atoms with Gasteiger partial charge in [0.15, 0.2) is 11.5 Å². The average molecular weight is 372 g/mol. The summed E-state index contributed by atoms with van der Waals surface area (Å²) in [6, 6.07) is 20.7. The number of para-hydroxylation sites is 4. The van der Waals surface area contributed by atoms with E-state index < -0.39 is 0 Å². The molecule has 3 aromatic carbocycles. The number of aromatic hydroxyl groups is 1. The number of hydrogen-bond donors (Lipinski definition) is 1. The van der Waals surface area contributed by atoms with Crippen molar-refractivity contribution in [3.8, 4) is 17.2 Å². The van der Waals surface area contributed by atoms with Gasteiger partial charge in [-0.15, -0.1) is 0 Å². The number of hydrogen-bond acceptors (Lipinski definition) is 4. The van der Waals surface area contributed by atoms with Crippen LogP contribution in [0.15, 0.2) is 66.7 Å². The number of benzene rings is 3. The normalized spacial score (nSPS) is 15.2. The van der Waals surface area contributed by atoms with E-state index in [0.717, 1.165) is 29.9 Å². The van der Waals surface area contributed by atoms with Crippen LogP contribution in [0.5, 0.6) is 17.2 Å². The van der Waals surface area contributed by atoms with Crippen LogP contribution < -0.4 is 9.64 Å². The molecule has 2 heterocycles. The molecule has 0 fully saturated rings. The molecule has 0 atom stereocenters. The molecule has 0 aromatic heterocycles. The average Bonchev–Trinajstić information content (AvgIpc) is 2.71. The Kier molecular flexibility index (Phi) is 4.02. The fraction of sp³-hybridized carbons (Fsp3) is 0.174. The molecule has 5 heteroatoms. The van der Waals surface area contributed by atoms with Crippen molar-refractivity contribution in [2.24, 2.45) is 0 Å². The first kappa shape index (κ1) is 16.8. The van der Waals surface area contributed by atoms with Crippen LogP contribution >= 0.6 is 0 Å². The number of anilines is 2. The Morgan fingerprint density at radius 3 is 2.32 bits per heavy atom. The first-order valence-electron chi connectivity index (χ1n) is 9.41. The van der Waals surface area contributed by atoms with Gasteiger partial charge in [-0.2, -0.15) is 0 Å². The highest BCUT2D eigenvalue weighted by atomic mass is 16.5. The molecule has 1 N–H and O–H groups in total. The quantitative estimate of drug-likeness (QED) is 0.732. The smallest absolute Gasteiger partial charge is 0.245 e. The molecule has 2 aliphatic rings. The Bertz CT molecular complexity index is 1020. The summed E-state index contributed by atoms with van der Waals surface area (Å²) >= 11 is 0. The van der Waals surface area contributed by atoms with Gasteiger partial charge in [0.1, 0.15) is 5.75 Å². The van der Waals surface area contributed by atoms with Crippen molar-refractivity contribution in [1.29, 1.82) is 0 Å². The second-order valence-electron chi connectivity index (χ2n) is 7.18. The minimum atomic E-state index is 0.00630. The van der Waals surface area contributed by atoms with Crippen LogP contribution in [0.1, 0.15) is 11.1 Å². The van der Waals surface area contributed by atoms with E-state index in [4.69, 9.17) is 4.74 Å². The third kappa shape index (κ3) is 2.90. The fourth-order valence-corrected chi connectivity index (χ4v) is 3.97. The van der Waals surface area contributed by atoms with E-state index in [2.05, 4.69) is 4.90 Å². The maximum Gasteiger partial charge on any atom is 0.245 e. The molecule has 3 aromatic rings. The van der Waals surface area contributed by atoms with Gasteiger partial charge in [-0.25, -0.2) is 0 Å². The molecule has 0 radical (unpaired) electrons. The lowest BCUT2D eigenvalue weighted by Crippen LogP contribution is -2.41. The molecular weight excluding hydrogens is 352 g/mol. The molecule has 0 saturated carbocycles. The Hall–Kier alpha value is -3.31. The Morgan fingerprint density at radius 1 is 0.929 bits per heavy atom. The third-order valence-corrected chi connectivity index (χ3v) is 5.32. The summed E-state index contributed by atoms with van der Waals surface area (Å²) in [5, 5.41) is 9.77. The minimum Gasteiger partial charge on any atom is -0.508 e. The van der Waals surface area contributed by atoms with E-state index in [1.165, 1.54) is 5.56 Å². The number of nitrogens with zero attached hydrogens (tertiary/aromatic N) is 2. The number of rotatable bonds is 2. The van der Waals surface area contributed by atoms with Crippen molar-refractivity contribution in [3.05, 3.63) is 77.9 Å². The van der Waals surface area contributed by atoms with Crippen molar-refractivity contribution in [3.63, 3.8) is 0 Å². The number of phenolic OH excluding ortho intramolecular Hbond substituents is 1. The van der Waals surface area contributed by atoms with Crippen molar-refractivity contribution in [2.75, 3.05) is 18.0 Å². The van der Waals surface area contributed by atoms with E-state index >= 15 is 0 Å². The molecule has 5 nitrogen and oxygen atoms in total. The maximum atomic E-state index is 13.4. The summed E-state index contributed by atoms with van der Waals surface area (Å²) in [6.07, 6.45) is 0.874. The van der Waals surface area contributed by atoms with E-state index in [-0.39, 0.29) is 11.7 Å². The molecule has 28 heavy (non-hydrogen) atoms. The van der Waals surface area contributed by atoms with E-state index in [1.54, 1.807) is 17.0 Å². The second kappa shape index (κ2) is 6.69. The zero-order valence-corrected chi connectivity index (χ0v) is 15.3. The Morgan fingerprint density at radius 2 is 1.61 bits per heavy atom. The standard InChI is InChI=1S/C23H20N2O3/c26-18-10-9-16-11-12-24(14-17(16)13-18)15-23(27)25-19-5-1-3-7-21(19)28-22-8-4-2-6-20(22)25/h1-10,13,26H,11-12,14-15H2. The lowest BCUT2D eigenvalue weighted by atomic mass is 9.99. The molecule has 1 amide bonds. The first-order chi connectivity index (χ1) is 13.7. The molecule has 0 aliphatic carbocycles. The van der Waals surface area contributed by atoms with Crippen LogP contribution in [0, 0.1) is 0 Å². The van der Waals surface area contributed by atoms with E-state index in [9.17, 15) is 9.90 Å². The lowest BCUT2D eigenvalue weighted by molar-refractivity contribution is -0.119. The topological polar surface area (TPSA) is 53.0 Å². The van der Waals surface area contributed by atoms with Gasteiger partial charge in [-0.1, -0.05) is 30.3 Å². The van der Waals surface area contributed by atoms with Gasteiger partial charge in [0.25, 0.3) is 0 Å². The lowest BCUT2D eigenvalue weighted by Gasteiger charge is -2.34. The SMILES string of the molecule is O=C(CN1CCc2ccc(O)cc2C1)N1c2ccccc2Oc2ccccc21. The van der Waals surface area contributed by atoms with Gasteiger partial charge in [0.05, 0.1) is 17.9 Å². The van der Waals surface area contributed by atoms with Crippen LogP contribution in [0.25, 0.3) is 0 Å². The third-order valence-electron chi connectivity index (χ3n) is 5.32. The van der Waals surface area contributed by atoms with Crippen LogP contribution in [-0.2, 0) is 17.8 Å². The Balaban J connectivity index is 1.43. The van der Waals surface area contributed by atoms with Crippen LogP contribution in [-0.4, -0.2) is 29.0 Å². The van der Waals surface area contributed by atoms with Crippen molar-refractivity contribution in [2.45, 2.75) is 13.0 Å². The van der Waals surface area contributed by atoms with Gasteiger partial charge in [0.2, 0.25) is 5.91 Å². The predicted octanol–water partition coefficient (Wildman–Crippen LogP) is 4.22. The molecule has 0 saturated heterocycles. The maximum absolute atomic E-state index is 13.4. The van der Waals surface area contributed by atoms with Gasteiger partial charge in [-0.05, 0) is 53.9 Å². The molecule has 2 aliphatic heterocycles. The second-order valence-corrected chi connectivity index (χ2v) is 7.18. The van der Waals surface area contributed by atoms with Gasteiger partial charge in [0, 0.05) is 13.1 Å². The van der Waals surface area contributed by atoms with Crippen LogP contribution in [0.3, 0.4) is 0 Å². The molecule has 0 bridgehead atoms. The highest BCUT2D eigenvalue weighted by Gasteiger charge is 2.30. The summed E-state index contributed by atoms with van der Waals surface area (Å²) in [7, 11) is 0. The largest absolute Gasteiger partial charge is 0.508 e. The number of fused-ring (bicyclic) bond motifs is 3. The van der Waals surface area contributed by atoms with Crippen LogP contribution in [0.2, 0.25) is 0 Å². The summed E-state index contributed by atoms with van der Waals surface area (Å²) in [6.45, 7) is 1.78. The summed E-state index contributed by atoms with van der Waals surface area (Å²) in [5.74, 6) is 1.64. The van der Waals surface area contributed by atoms with Crippen LogP contribution in [0.4, 0.5) is 11.4 Å². The van der Waals surface area contributed by atoms with Crippen molar-refractivity contribution >= 4 is 17.3 Å². The zero-order chi connectivity index (χ0) is 19.1. The molecule has 0 unspecified atom stereocenters. The molecular formula is C23H20N2O3. The molecule has 5 rings (SSSR count). The summed E-state index contributed by atoms with van der Waals surface area (Å²) in [5.41, 5.74) is 3.85. The number of ether oxygens (including phenoxy) is 1. The highest BCUT2D eigenvalue weighted by molar-refractivity contribution is 6.05. The summed E-state index contributed by atoms with van der Waals surface area (Å²) in [4.78, 5) is 17.2. The monoisotopic (exact) mass is 372 g/mol. The van der Waals surface area contributed by atoms with Gasteiger partial charge >= 0.3 is 0 Å². The first-order valence-corrected chi connectivity index (χ1v) is 9.41. The molecule has 140 valence electrons. The van der Waals surface area contributed by atoms with Gasteiger partial charge < -0.3 is 9.84 Å². The van der Waals surface area contributed by atoms with E-state index in [1.807, 2.05) is 54.6 Å².